The van der Waals surface area contributed by atoms with Gasteiger partial charge in [0.15, 0.2) is 0 Å². The summed E-state index contributed by atoms with van der Waals surface area (Å²) in [7, 11) is 1.72. The van der Waals surface area contributed by atoms with E-state index in [1.54, 1.807) is 30.4 Å². The van der Waals surface area contributed by atoms with Crippen LogP contribution in [0.1, 0.15) is 20.1 Å². The molecule has 0 atom stereocenters. The molecule has 2 rings (SSSR count). The molecule has 0 aromatic carbocycles. The second-order valence-corrected chi connectivity index (χ2v) is 5.21. The van der Waals surface area contributed by atoms with Crippen molar-refractivity contribution in [3.05, 3.63) is 45.9 Å². The molecule has 0 saturated heterocycles. The minimum atomic E-state index is -0.184. The Morgan fingerprint density at radius 3 is 3.00 bits per heavy atom. The molecule has 1 amide bonds. The Labute approximate surface area is 121 Å². The van der Waals surface area contributed by atoms with Crippen molar-refractivity contribution in [2.24, 2.45) is 0 Å². The third-order valence-electron chi connectivity index (χ3n) is 2.75. The fourth-order valence-electron chi connectivity index (χ4n) is 1.67. The van der Waals surface area contributed by atoms with Gasteiger partial charge in [0.25, 0.3) is 5.91 Å². The first kappa shape index (κ1) is 14.3. The number of carbonyl (C=O) groups excluding carboxylic acids is 1. The van der Waals surface area contributed by atoms with E-state index in [4.69, 9.17) is 5.11 Å². The molecule has 0 aliphatic rings. The van der Waals surface area contributed by atoms with Gasteiger partial charge in [-0.15, -0.1) is 11.3 Å². The number of anilines is 1. The summed E-state index contributed by atoms with van der Waals surface area (Å²) in [4.78, 5) is 19.4. The smallest absolute Gasteiger partial charge is 0.268 e. The van der Waals surface area contributed by atoms with Crippen molar-refractivity contribution in [3.8, 4) is 11.8 Å². The van der Waals surface area contributed by atoms with E-state index in [0.29, 0.717) is 4.88 Å². The second kappa shape index (κ2) is 6.33. The molecule has 2 heterocycles. The number of pyridine rings is 1. The number of aliphatic hydroxyl groups is 1. The number of thiophene rings is 1. The molecule has 0 radical (unpaired) electrons. The number of rotatable bonds is 2. The van der Waals surface area contributed by atoms with Crippen LogP contribution in [0.3, 0.4) is 0 Å². The van der Waals surface area contributed by atoms with E-state index in [2.05, 4.69) is 16.8 Å². The monoisotopic (exact) mass is 286 g/mol. The SMILES string of the molecule is Cc1cc(C(=O)N(C)c2cccnc2)sc1C#CCO. The Balaban J connectivity index is 2.26. The molecule has 0 fully saturated rings. The van der Waals surface area contributed by atoms with Gasteiger partial charge in [0.2, 0.25) is 0 Å². The first-order chi connectivity index (χ1) is 9.63. The molecule has 1 N–H and O–H groups in total. The number of hydrogen-bond donors (Lipinski definition) is 1. The molecule has 0 unspecified atom stereocenters. The van der Waals surface area contributed by atoms with Gasteiger partial charge in [-0.2, -0.15) is 0 Å². The molecule has 102 valence electrons. The number of amides is 1. The highest BCUT2D eigenvalue weighted by atomic mass is 32.1. The van der Waals surface area contributed by atoms with Crippen LogP contribution in [0.25, 0.3) is 0 Å². The van der Waals surface area contributed by atoms with Crippen molar-refractivity contribution in [2.75, 3.05) is 18.6 Å². The highest BCUT2D eigenvalue weighted by molar-refractivity contribution is 7.14. The van der Waals surface area contributed by atoms with Crippen LogP contribution in [0, 0.1) is 18.8 Å². The predicted octanol–water partition coefficient (Wildman–Crippen LogP) is 2.07. The van der Waals surface area contributed by atoms with Crippen LogP contribution in [0.4, 0.5) is 5.69 Å². The van der Waals surface area contributed by atoms with E-state index < -0.39 is 0 Å². The molecule has 5 heteroatoms. The second-order valence-electron chi connectivity index (χ2n) is 4.16. The van der Waals surface area contributed by atoms with E-state index >= 15 is 0 Å². The van der Waals surface area contributed by atoms with Crippen molar-refractivity contribution in [1.82, 2.24) is 4.98 Å². The summed E-state index contributed by atoms with van der Waals surface area (Å²) in [6.45, 7) is 1.72. The maximum atomic E-state index is 12.4. The van der Waals surface area contributed by atoms with Gasteiger partial charge in [0, 0.05) is 13.2 Å². The normalized spacial score (nSPS) is 9.75. The van der Waals surface area contributed by atoms with E-state index in [1.807, 2.05) is 19.1 Å². The first-order valence-corrected chi connectivity index (χ1v) is 6.83. The van der Waals surface area contributed by atoms with Gasteiger partial charge in [-0.3, -0.25) is 9.78 Å². The van der Waals surface area contributed by atoms with Crippen LogP contribution in [0.15, 0.2) is 30.6 Å². The fourth-order valence-corrected chi connectivity index (χ4v) is 2.69. The predicted molar refractivity (Wildman–Crippen MR) is 80.0 cm³/mol. The zero-order chi connectivity index (χ0) is 14.5. The maximum Gasteiger partial charge on any atom is 0.268 e. The van der Waals surface area contributed by atoms with Gasteiger partial charge < -0.3 is 10.0 Å². The first-order valence-electron chi connectivity index (χ1n) is 6.01. The van der Waals surface area contributed by atoms with Crippen LogP contribution in [-0.4, -0.2) is 29.7 Å². The van der Waals surface area contributed by atoms with Crippen LogP contribution in [0.5, 0.6) is 0 Å². The van der Waals surface area contributed by atoms with Crippen LogP contribution in [0.2, 0.25) is 0 Å². The number of hydrogen-bond acceptors (Lipinski definition) is 4. The topological polar surface area (TPSA) is 53.4 Å². The molecule has 0 aliphatic carbocycles. The summed E-state index contributed by atoms with van der Waals surface area (Å²) in [6, 6.07) is 5.44. The largest absolute Gasteiger partial charge is 0.384 e. The zero-order valence-electron chi connectivity index (χ0n) is 11.3. The lowest BCUT2D eigenvalue weighted by atomic mass is 10.2. The number of carbonyl (C=O) groups is 1. The van der Waals surface area contributed by atoms with E-state index in [1.165, 1.54) is 11.3 Å². The van der Waals surface area contributed by atoms with Gasteiger partial charge in [-0.25, -0.2) is 0 Å². The Kier molecular flexibility index (Phi) is 4.51. The highest BCUT2D eigenvalue weighted by Crippen LogP contribution is 2.23. The minimum Gasteiger partial charge on any atom is -0.384 e. The van der Waals surface area contributed by atoms with Gasteiger partial charge in [0.05, 0.1) is 21.6 Å². The van der Waals surface area contributed by atoms with E-state index in [0.717, 1.165) is 16.1 Å². The summed E-state index contributed by atoms with van der Waals surface area (Å²) in [5.41, 5.74) is 1.69. The lowest BCUT2D eigenvalue weighted by Gasteiger charge is -2.15. The number of aliphatic hydroxyl groups excluding tert-OH is 1. The summed E-state index contributed by atoms with van der Waals surface area (Å²) >= 11 is 1.33. The van der Waals surface area contributed by atoms with Gasteiger partial charge in [-0.05, 0) is 30.7 Å². The number of aromatic nitrogens is 1. The highest BCUT2D eigenvalue weighted by Gasteiger charge is 2.17. The van der Waals surface area contributed by atoms with Crippen LogP contribution < -0.4 is 4.90 Å². The summed E-state index contributed by atoms with van der Waals surface area (Å²) < 4.78 is 0. The average Bonchev–Trinajstić information content (AvgIpc) is 2.85. The summed E-state index contributed by atoms with van der Waals surface area (Å²) in [5.74, 6) is 5.36. The van der Waals surface area contributed by atoms with Crippen molar-refractivity contribution in [3.63, 3.8) is 0 Å². The standard InChI is InChI=1S/C15H14N2O2S/c1-11-9-14(20-13(11)6-4-8-18)15(19)17(2)12-5-3-7-16-10-12/h3,5,7,9-10,18H,8H2,1-2H3. The third-order valence-corrected chi connectivity index (χ3v) is 3.89. The molecule has 20 heavy (non-hydrogen) atoms. The van der Waals surface area contributed by atoms with Gasteiger partial charge in [-0.1, -0.05) is 11.8 Å². The van der Waals surface area contributed by atoms with Gasteiger partial charge in [0.1, 0.15) is 6.61 Å². The molecule has 0 aliphatic heterocycles. The van der Waals surface area contributed by atoms with Crippen molar-refractivity contribution < 1.29 is 9.90 Å². The molecular weight excluding hydrogens is 272 g/mol. The van der Waals surface area contributed by atoms with Crippen molar-refractivity contribution in [1.29, 1.82) is 0 Å². The number of nitrogens with zero attached hydrogens (tertiary/aromatic N) is 2. The molecule has 0 spiro atoms. The van der Waals surface area contributed by atoms with E-state index in [-0.39, 0.29) is 12.5 Å². The molecule has 2 aromatic heterocycles. The average molecular weight is 286 g/mol. The fraction of sp³-hybridized carbons (Fsp3) is 0.200. The number of aryl methyl sites for hydroxylation is 1. The van der Waals surface area contributed by atoms with Crippen LogP contribution >= 0.6 is 11.3 Å². The van der Waals surface area contributed by atoms with Gasteiger partial charge >= 0.3 is 0 Å². The lowest BCUT2D eigenvalue weighted by Crippen LogP contribution is -2.25. The molecule has 0 bridgehead atoms. The minimum absolute atomic E-state index is 0.0943. The third kappa shape index (κ3) is 3.05. The van der Waals surface area contributed by atoms with E-state index in [9.17, 15) is 4.79 Å². The Hall–Kier alpha value is -2.16. The summed E-state index contributed by atoms with van der Waals surface area (Å²) in [5, 5.41) is 8.72. The molecular formula is C15H14N2O2S. The molecule has 2 aromatic rings. The van der Waals surface area contributed by atoms with Crippen molar-refractivity contribution >= 4 is 22.9 Å². The Bertz CT molecular complexity index is 668. The quantitative estimate of drug-likeness (QED) is 0.860. The molecule has 4 nitrogen and oxygen atoms in total. The summed E-state index contributed by atoms with van der Waals surface area (Å²) in [6.07, 6.45) is 3.31. The Morgan fingerprint density at radius 1 is 1.55 bits per heavy atom. The van der Waals surface area contributed by atoms with Crippen LogP contribution in [-0.2, 0) is 0 Å². The van der Waals surface area contributed by atoms with Crippen molar-refractivity contribution in [2.45, 2.75) is 6.92 Å². The zero-order valence-corrected chi connectivity index (χ0v) is 12.1. The Morgan fingerprint density at radius 2 is 2.35 bits per heavy atom. The lowest BCUT2D eigenvalue weighted by molar-refractivity contribution is 0.0996. The maximum absolute atomic E-state index is 12.4. The molecule has 0 saturated carbocycles.